The molecule has 1 N–H and O–H groups in total. The van der Waals surface area contributed by atoms with Crippen molar-refractivity contribution < 1.29 is 19.4 Å². The summed E-state index contributed by atoms with van der Waals surface area (Å²) in [6, 6.07) is 4.95. The zero-order chi connectivity index (χ0) is 15.6. The van der Waals surface area contributed by atoms with Crippen LogP contribution in [0.25, 0.3) is 0 Å². The molecule has 116 valence electrons. The van der Waals surface area contributed by atoms with E-state index in [4.69, 9.17) is 21.1 Å². The summed E-state index contributed by atoms with van der Waals surface area (Å²) in [7, 11) is 1.51. The molecule has 0 bridgehead atoms. The molecule has 1 atom stereocenters. The van der Waals surface area contributed by atoms with Crippen LogP contribution in [0, 0.1) is 0 Å². The molecule has 1 unspecified atom stereocenters. The maximum Gasteiger partial charge on any atom is 0.257 e. The molecule has 0 aliphatic carbocycles. The van der Waals surface area contributed by atoms with Gasteiger partial charge in [0.1, 0.15) is 5.75 Å². The maximum atomic E-state index is 12.7. The summed E-state index contributed by atoms with van der Waals surface area (Å²) in [5.74, 6) is 0.304. The molecule has 1 amide bonds. The van der Waals surface area contributed by atoms with Gasteiger partial charge in [-0.1, -0.05) is 11.6 Å². The number of amides is 1. The van der Waals surface area contributed by atoms with Gasteiger partial charge in [0, 0.05) is 18.1 Å². The summed E-state index contributed by atoms with van der Waals surface area (Å²) >= 11 is 5.98. The van der Waals surface area contributed by atoms with Crippen molar-refractivity contribution in [2.24, 2.45) is 0 Å². The Morgan fingerprint density at radius 2 is 2.29 bits per heavy atom. The molecule has 1 fully saturated rings. The van der Waals surface area contributed by atoms with Crippen molar-refractivity contribution in [3.05, 3.63) is 28.8 Å². The van der Waals surface area contributed by atoms with Crippen molar-refractivity contribution in [1.82, 2.24) is 4.90 Å². The average molecular weight is 314 g/mol. The molecule has 1 aliphatic heterocycles. The van der Waals surface area contributed by atoms with Crippen molar-refractivity contribution in [1.29, 1.82) is 0 Å². The molecule has 0 saturated carbocycles. The first kappa shape index (κ1) is 16.1. The number of methoxy groups -OCH3 is 1. The van der Waals surface area contributed by atoms with E-state index in [0.717, 1.165) is 0 Å². The van der Waals surface area contributed by atoms with Crippen LogP contribution in [0.5, 0.6) is 5.75 Å². The standard InChI is InChI=1S/C15H20ClNO4/c1-15(2)9-17(7-11(8-18)21-15)14(19)12-6-10(16)4-5-13(12)20-3/h4-6,11,18H,7-9H2,1-3H3. The number of hydrogen-bond donors (Lipinski definition) is 1. The van der Waals surface area contributed by atoms with Gasteiger partial charge in [-0.3, -0.25) is 4.79 Å². The Kier molecular flexibility index (Phi) is 4.76. The Balaban J connectivity index is 2.28. The SMILES string of the molecule is COc1ccc(Cl)cc1C(=O)N1CC(CO)OC(C)(C)C1. The minimum Gasteiger partial charge on any atom is -0.496 e. The van der Waals surface area contributed by atoms with E-state index in [1.165, 1.54) is 7.11 Å². The molecule has 0 aromatic heterocycles. The van der Waals surface area contributed by atoms with E-state index in [1.54, 1.807) is 23.1 Å². The zero-order valence-electron chi connectivity index (χ0n) is 12.4. The number of aliphatic hydroxyl groups excluding tert-OH is 1. The summed E-state index contributed by atoms with van der Waals surface area (Å²) in [5.41, 5.74) is -0.0907. The number of ether oxygens (including phenoxy) is 2. The summed E-state index contributed by atoms with van der Waals surface area (Å²) in [4.78, 5) is 14.4. The van der Waals surface area contributed by atoms with Gasteiger partial charge < -0.3 is 19.5 Å². The van der Waals surface area contributed by atoms with E-state index in [-0.39, 0.29) is 18.6 Å². The number of rotatable bonds is 3. The van der Waals surface area contributed by atoms with Gasteiger partial charge in [-0.15, -0.1) is 0 Å². The molecule has 5 nitrogen and oxygen atoms in total. The molecule has 2 rings (SSSR count). The smallest absolute Gasteiger partial charge is 0.257 e. The predicted octanol–water partition coefficient (Wildman–Crippen LogP) is 1.96. The van der Waals surface area contributed by atoms with Crippen molar-refractivity contribution >= 4 is 17.5 Å². The second-order valence-electron chi connectivity index (χ2n) is 5.71. The van der Waals surface area contributed by atoms with Crippen LogP contribution in [0.1, 0.15) is 24.2 Å². The molecule has 0 radical (unpaired) electrons. The molecule has 6 heteroatoms. The lowest BCUT2D eigenvalue weighted by Crippen LogP contribution is -2.55. The van der Waals surface area contributed by atoms with E-state index in [2.05, 4.69) is 0 Å². The van der Waals surface area contributed by atoms with Crippen LogP contribution in [-0.4, -0.2) is 54.4 Å². The highest BCUT2D eigenvalue weighted by atomic mass is 35.5. The van der Waals surface area contributed by atoms with E-state index in [9.17, 15) is 9.90 Å². The predicted molar refractivity (Wildman–Crippen MR) is 79.9 cm³/mol. The van der Waals surface area contributed by atoms with Crippen molar-refractivity contribution in [3.8, 4) is 5.75 Å². The number of morpholine rings is 1. The van der Waals surface area contributed by atoms with Crippen LogP contribution in [0.15, 0.2) is 18.2 Å². The number of benzene rings is 1. The zero-order valence-corrected chi connectivity index (χ0v) is 13.2. The van der Waals surface area contributed by atoms with Crippen molar-refractivity contribution in [3.63, 3.8) is 0 Å². The van der Waals surface area contributed by atoms with Crippen LogP contribution in [0.2, 0.25) is 5.02 Å². The quantitative estimate of drug-likeness (QED) is 0.927. The molecule has 0 spiro atoms. The Hall–Kier alpha value is -1.30. The van der Waals surface area contributed by atoms with E-state index in [1.807, 2.05) is 13.8 Å². The Bertz CT molecular complexity index is 532. The van der Waals surface area contributed by atoms with Crippen LogP contribution in [0.4, 0.5) is 0 Å². The van der Waals surface area contributed by atoms with Crippen LogP contribution in [0.3, 0.4) is 0 Å². The first-order chi connectivity index (χ1) is 9.86. The minimum absolute atomic E-state index is 0.125. The lowest BCUT2D eigenvalue weighted by atomic mass is 10.0. The Morgan fingerprint density at radius 3 is 2.90 bits per heavy atom. The fourth-order valence-electron chi connectivity index (χ4n) is 2.56. The summed E-state index contributed by atoms with van der Waals surface area (Å²) in [6.07, 6.45) is -0.386. The number of hydrogen-bond acceptors (Lipinski definition) is 4. The normalized spacial score (nSPS) is 21.2. The van der Waals surface area contributed by atoms with Gasteiger partial charge >= 0.3 is 0 Å². The number of carbonyl (C=O) groups is 1. The number of carbonyl (C=O) groups excluding carboxylic acids is 1. The first-order valence-electron chi connectivity index (χ1n) is 6.78. The molecule has 1 heterocycles. The first-order valence-corrected chi connectivity index (χ1v) is 7.15. The van der Waals surface area contributed by atoms with Gasteiger partial charge in [-0.05, 0) is 32.0 Å². The molecule has 1 aromatic rings. The lowest BCUT2D eigenvalue weighted by molar-refractivity contribution is -0.139. The number of nitrogens with zero attached hydrogens (tertiary/aromatic N) is 1. The monoisotopic (exact) mass is 313 g/mol. The van der Waals surface area contributed by atoms with Gasteiger partial charge in [0.2, 0.25) is 0 Å². The topological polar surface area (TPSA) is 59.0 Å². The van der Waals surface area contributed by atoms with Crippen LogP contribution in [-0.2, 0) is 4.74 Å². The van der Waals surface area contributed by atoms with Crippen molar-refractivity contribution in [2.75, 3.05) is 26.8 Å². The second-order valence-corrected chi connectivity index (χ2v) is 6.15. The van der Waals surface area contributed by atoms with Gasteiger partial charge in [0.15, 0.2) is 0 Å². The van der Waals surface area contributed by atoms with Gasteiger partial charge in [-0.2, -0.15) is 0 Å². The van der Waals surface area contributed by atoms with E-state index < -0.39 is 5.60 Å². The van der Waals surface area contributed by atoms with Crippen LogP contribution < -0.4 is 4.74 Å². The van der Waals surface area contributed by atoms with Gasteiger partial charge in [0.25, 0.3) is 5.91 Å². The molecular formula is C15H20ClNO4. The van der Waals surface area contributed by atoms with Crippen LogP contribution >= 0.6 is 11.6 Å². The molecule has 1 saturated heterocycles. The lowest BCUT2D eigenvalue weighted by Gasteiger charge is -2.42. The highest BCUT2D eigenvalue weighted by Gasteiger charge is 2.36. The fraction of sp³-hybridized carbons (Fsp3) is 0.533. The third-order valence-electron chi connectivity index (χ3n) is 3.36. The fourth-order valence-corrected chi connectivity index (χ4v) is 2.74. The summed E-state index contributed by atoms with van der Waals surface area (Å²) in [6.45, 7) is 4.45. The Labute approximate surface area is 129 Å². The molecule has 1 aromatic carbocycles. The minimum atomic E-state index is -0.507. The highest BCUT2D eigenvalue weighted by Crippen LogP contribution is 2.27. The summed E-state index contributed by atoms with van der Waals surface area (Å²) < 4.78 is 10.9. The van der Waals surface area contributed by atoms with E-state index in [0.29, 0.717) is 29.4 Å². The second kappa shape index (κ2) is 6.22. The Morgan fingerprint density at radius 1 is 1.57 bits per heavy atom. The number of aliphatic hydroxyl groups is 1. The molecular weight excluding hydrogens is 294 g/mol. The van der Waals surface area contributed by atoms with Gasteiger partial charge in [-0.25, -0.2) is 0 Å². The third kappa shape index (κ3) is 3.67. The average Bonchev–Trinajstić information content (AvgIpc) is 2.44. The van der Waals surface area contributed by atoms with E-state index >= 15 is 0 Å². The maximum absolute atomic E-state index is 12.7. The largest absolute Gasteiger partial charge is 0.496 e. The number of halogens is 1. The highest BCUT2D eigenvalue weighted by molar-refractivity contribution is 6.31. The van der Waals surface area contributed by atoms with Gasteiger partial charge in [0.05, 0.1) is 31.0 Å². The molecule has 1 aliphatic rings. The molecule has 21 heavy (non-hydrogen) atoms. The van der Waals surface area contributed by atoms with Crippen molar-refractivity contribution in [2.45, 2.75) is 25.6 Å². The third-order valence-corrected chi connectivity index (χ3v) is 3.60. The summed E-state index contributed by atoms with van der Waals surface area (Å²) in [5, 5.41) is 9.81.